The second-order valence-electron chi connectivity index (χ2n) is 6.22. The van der Waals surface area contributed by atoms with Gasteiger partial charge in [-0.05, 0) is 50.1 Å². The van der Waals surface area contributed by atoms with Crippen molar-refractivity contribution in [3.63, 3.8) is 0 Å². The Bertz CT molecular complexity index is 802. The van der Waals surface area contributed by atoms with Crippen LogP contribution < -0.4 is 10.1 Å². The maximum absolute atomic E-state index is 12.7. The normalized spacial score (nSPS) is 11.0. The number of carboxylic acids is 1. The number of amides is 1. The molecule has 2 aromatic rings. The van der Waals surface area contributed by atoms with Gasteiger partial charge < -0.3 is 15.2 Å². The highest BCUT2D eigenvalue weighted by Crippen LogP contribution is 2.31. The van der Waals surface area contributed by atoms with Crippen LogP contribution in [0.15, 0.2) is 42.5 Å². The molecule has 0 spiro atoms. The maximum Gasteiger partial charge on any atom is 0.341 e. The summed E-state index contributed by atoms with van der Waals surface area (Å²) in [6.45, 7) is 5.20. The van der Waals surface area contributed by atoms with Crippen LogP contribution in [0.2, 0.25) is 5.02 Å². The molecular weight excluding hydrogens is 342 g/mol. The van der Waals surface area contributed by atoms with Crippen LogP contribution in [0.4, 0.5) is 5.69 Å². The number of carboxylic acid groups (broad SMARTS) is 1. The molecule has 0 radical (unpaired) electrons. The lowest BCUT2D eigenvalue weighted by Gasteiger charge is -2.26. The molecule has 0 fully saturated rings. The van der Waals surface area contributed by atoms with Crippen LogP contribution in [0.3, 0.4) is 0 Å². The number of nitrogens with one attached hydrogen (secondary N) is 1. The van der Waals surface area contributed by atoms with Gasteiger partial charge >= 0.3 is 5.97 Å². The quantitative estimate of drug-likeness (QED) is 0.814. The van der Waals surface area contributed by atoms with Crippen molar-refractivity contribution >= 4 is 29.2 Å². The Morgan fingerprint density at radius 2 is 1.88 bits per heavy atom. The molecule has 0 heterocycles. The van der Waals surface area contributed by atoms with Gasteiger partial charge in [-0.1, -0.05) is 35.9 Å². The largest absolute Gasteiger partial charge is 0.480 e. The van der Waals surface area contributed by atoms with Gasteiger partial charge in [-0.2, -0.15) is 0 Å². The first-order valence-corrected chi connectivity index (χ1v) is 8.11. The van der Waals surface area contributed by atoms with E-state index in [1.807, 2.05) is 45.0 Å². The van der Waals surface area contributed by atoms with Crippen LogP contribution in [0.5, 0.6) is 5.75 Å². The topological polar surface area (TPSA) is 75.6 Å². The summed E-state index contributed by atoms with van der Waals surface area (Å²) >= 11 is 6.08. The maximum atomic E-state index is 12.7. The second kappa shape index (κ2) is 7.57. The zero-order valence-corrected chi connectivity index (χ0v) is 15.1. The predicted octanol–water partition coefficient (Wildman–Crippen LogP) is 4.03. The highest BCUT2D eigenvalue weighted by molar-refractivity contribution is 6.32. The van der Waals surface area contributed by atoms with E-state index in [0.29, 0.717) is 5.69 Å². The highest BCUT2D eigenvalue weighted by Gasteiger charge is 2.31. The molecular formula is C19H20ClNO4. The molecule has 0 saturated heterocycles. The lowest BCUT2D eigenvalue weighted by Crippen LogP contribution is -2.35. The van der Waals surface area contributed by atoms with E-state index in [1.165, 1.54) is 12.1 Å². The van der Waals surface area contributed by atoms with Crippen molar-refractivity contribution in [3.8, 4) is 5.75 Å². The minimum atomic E-state index is -1.09. The Balaban J connectivity index is 2.16. The number of halogens is 1. The van der Waals surface area contributed by atoms with E-state index in [-0.39, 0.29) is 16.7 Å². The number of aryl methyl sites for hydroxylation is 1. The molecule has 25 heavy (non-hydrogen) atoms. The van der Waals surface area contributed by atoms with Gasteiger partial charge in [-0.15, -0.1) is 0 Å². The molecule has 1 amide bonds. The number of hydrogen-bond acceptors (Lipinski definition) is 3. The molecule has 5 nitrogen and oxygen atoms in total. The fourth-order valence-electron chi connectivity index (χ4n) is 2.52. The van der Waals surface area contributed by atoms with Crippen molar-refractivity contribution in [2.75, 3.05) is 11.9 Å². The Labute approximate surface area is 151 Å². The Hall–Kier alpha value is -2.53. The van der Waals surface area contributed by atoms with E-state index in [2.05, 4.69) is 5.32 Å². The minimum Gasteiger partial charge on any atom is -0.480 e. The van der Waals surface area contributed by atoms with Gasteiger partial charge in [0.1, 0.15) is 5.75 Å². The van der Waals surface area contributed by atoms with Gasteiger partial charge in [0.2, 0.25) is 5.91 Å². The van der Waals surface area contributed by atoms with Crippen LogP contribution in [0, 0.1) is 6.92 Å². The van der Waals surface area contributed by atoms with E-state index in [1.54, 1.807) is 6.07 Å². The lowest BCUT2D eigenvalue weighted by molar-refractivity contribution is -0.139. The number of rotatable bonds is 6. The fourth-order valence-corrected chi connectivity index (χ4v) is 2.75. The van der Waals surface area contributed by atoms with Crippen molar-refractivity contribution in [1.29, 1.82) is 0 Å². The van der Waals surface area contributed by atoms with E-state index in [0.717, 1.165) is 11.1 Å². The number of ether oxygens (including phenoxy) is 1. The lowest BCUT2D eigenvalue weighted by atomic mass is 9.81. The standard InChI is InChI=1S/C19H20ClNO4/c1-12-6-4-5-7-14(12)19(2,3)18(24)21-13-8-9-16(15(20)10-13)25-11-17(22)23/h4-10H,11H2,1-3H3,(H,21,24)(H,22,23). The van der Waals surface area contributed by atoms with E-state index < -0.39 is 18.0 Å². The molecule has 0 saturated carbocycles. The number of aliphatic carboxylic acids is 1. The molecule has 0 aliphatic heterocycles. The molecule has 132 valence electrons. The minimum absolute atomic E-state index is 0.169. The summed E-state index contributed by atoms with van der Waals surface area (Å²) in [4.78, 5) is 23.3. The highest BCUT2D eigenvalue weighted by atomic mass is 35.5. The molecule has 0 unspecified atom stereocenters. The molecule has 0 aliphatic rings. The Morgan fingerprint density at radius 3 is 2.48 bits per heavy atom. The molecule has 6 heteroatoms. The van der Waals surface area contributed by atoms with Crippen molar-refractivity contribution in [2.45, 2.75) is 26.2 Å². The van der Waals surface area contributed by atoms with Crippen LogP contribution in [0.25, 0.3) is 0 Å². The summed E-state index contributed by atoms with van der Waals surface area (Å²) in [7, 11) is 0. The van der Waals surface area contributed by atoms with Crippen LogP contribution in [-0.4, -0.2) is 23.6 Å². The van der Waals surface area contributed by atoms with Gasteiger partial charge in [-0.3, -0.25) is 4.79 Å². The second-order valence-corrected chi connectivity index (χ2v) is 6.63. The summed E-state index contributed by atoms with van der Waals surface area (Å²) in [5, 5.41) is 11.7. The zero-order chi connectivity index (χ0) is 18.6. The van der Waals surface area contributed by atoms with Crippen molar-refractivity contribution in [1.82, 2.24) is 0 Å². The predicted molar refractivity (Wildman–Crippen MR) is 97.4 cm³/mol. The summed E-state index contributed by atoms with van der Waals surface area (Å²) in [6.07, 6.45) is 0. The zero-order valence-electron chi connectivity index (χ0n) is 14.3. The molecule has 0 bridgehead atoms. The molecule has 0 aromatic heterocycles. The van der Waals surface area contributed by atoms with Gasteiger partial charge in [0.15, 0.2) is 6.61 Å². The molecule has 2 N–H and O–H groups in total. The number of carbonyl (C=O) groups is 2. The molecule has 0 atom stereocenters. The summed E-state index contributed by atoms with van der Waals surface area (Å²) in [5.41, 5.74) is 1.77. The third-order valence-electron chi connectivity index (χ3n) is 3.93. The third kappa shape index (κ3) is 4.51. The van der Waals surface area contributed by atoms with Gasteiger partial charge in [0.25, 0.3) is 0 Å². The van der Waals surface area contributed by atoms with Gasteiger partial charge in [-0.25, -0.2) is 4.79 Å². The van der Waals surface area contributed by atoms with Gasteiger partial charge in [0, 0.05) is 5.69 Å². The fraction of sp³-hybridized carbons (Fsp3) is 0.263. The van der Waals surface area contributed by atoms with Gasteiger partial charge in [0.05, 0.1) is 10.4 Å². The SMILES string of the molecule is Cc1ccccc1C(C)(C)C(=O)Nc1ccc(OCC(=O)O)c(Cl)c1. The van der Waals surface area contributed by atoms with E-state index >= 15 is 0 Å². The Kier molecular flexibility index (Phi) is 5.69. The first kappa shape index (κ1) is 18.8. The smallest absolute Gasteiger partial charge is 0.341 e. The average Bonchev–Trinajstić information content (AvgIpc) is 2.54. The van der Waals surface area contributed by atoms with Crippen LogP contribution >= 0.6 is 11.6 Å². The Morgan fingerprint density at radius 1 is 1.20 bits per heavy atom. The number of anilines is 1. The number of carbonyl (C=O) groups excluding carboxylic acids is 1. The summed E-state index contributed by atoms with van der Waals surface area (Å²) in [5.74, 6) is -1.01. The average molecular weight is 362 g/mol. The van der Waals surface area contributed by atoms with Crippen LogP contribution in [0.1, 0.15) is 25.0 Å². The van der Waals surface area contributed by atoms with Crippen LogP contribution in [-0.2, 0) is 15.0 Å². The first-order valence-electron chi connectivity index (χ1n) is 7.73. The van der Waals surface area contributed by atoms with Crippen molar-refractivity contribution < 1.29 is 19.4 Å². The van der Waals surface area contributed by atoms with Crippen molar-refractivity contribution in [2.24, 2.45) is 0 Å². The molecule has 2 rings (SSSR count). The number of hydrogen-bond donors (Lipinski definition) is 2. The third-order valence-corrected chi connectivity index (χ3v) is 4.22. The molecule has 0 aliphatic carbocycles. The van der Waals surface area contributed by atoms with E-state index in [4.69, 9.17) is 21.4 Å². The first-order chi connectivity index (χ1) is 11.7. The summed E-state index contributed by atoms with van der Waals surface area (Å²) in [6, 6.07) is 12.4. The molecule has 2 aromatic carbocycles. The van der Waals surface area contributed by atoms with E-state index in [9.17, 15) is 9.59 Å². The monoisotopic (exact) mass is 361 g/mol. The number of benzene rings is 2. The van der Waals surface area contributed by atoms with Crippen molar-refractivity contribution in [3.05, 3.63) is 58.6 Å². The summed E-state index contributed by atoms with van der Waals surface area (Å²) < 4.78 is 5.07.